The SMILES string of the molecule is C=C(C(=O)CCCCCC)c1c2c3c(ccc2c(C)c2[n+]1CCc1cc4c(cc1-2)OCO4)OCO3.[Cl-]. The van der Waals surface area contributed by atoms with E-state index in [0.29, 0.717) is 23.5 Å². The summed E-state index contributed by atoms with van der Waals surface area (Å²) >= 11 is 0. The number of aromatic nitrogens is 1. The molecule has 1 aromatic heterocycles. The lowest BCUT2D eigenvalue weighted by Gasteiger charge is -2.22. The van der Waals surface area contributed by atoms with Crippen molar-refractivity contribution >= 4 is 22.1 Å². The summed E-state index contributed by atoms with van der Waals surface area (Å²) in [7, 11) is 0. The van der Waals surface area contributed by atoms with Crippen LogP contribution in [0, 0.1) is 6.92 Å². The molecule has 0 saturated heterocycles. The Morgan fingerprint density at radius 2 is 1.75 bits per heavy atom. The first-order valence-electron chi connectivity index (χ1n) is 12.5. The topological polar surface area (TPSA) is 57.9 Å². The Labute approximate surface area is 217 Å². The Balaban J connectivity index is 0.00000267. The highest BCUT2D eigenvalue weighted by Crippen LogP contribution is 2.46. The number of unbranched alkanes of at least 4 members (excludes halogenated alkanes) is 3. The molecule has 2 aromatic carbocycles. The smallest absolute Gasteiger partial charge is 0.231 e. The number of Topliss-reactive ketones (excluding diaryl/α,β-unsaturated/α-hetero) is 1. The summed E-state index contributed by atoms with van der Waals surface area (Å²) in [6, 6.07) is 8.20. The maximum Gasteiger partial charge on any atom is 0.231 e. The maximum atomic E-state index is 13.4. The van der Waals surface area contributed by atoms with Gasteiger partial charge in [0, 0.05) is 23.8 Å². The molecule has 188 valence electrons. The first-order chi connectivity index (χ1) is 17.1. The van der Waals surface area contributed by atoms with Crippen molar-refractivity contribution in [1.82, 2.24) is 0 Å². The van der Waals surface area contributed by atoms with Crippen LogP contribution in [0.3, 0.4) is 0 Å². The molecule has 3 aromatic rings. The van der Waals surface area contributed by atoms with Crippen molar-refractivity contribution in [1.29, 1.82) is 0 Å². The number of pyridine rings is 1. The summed E-state index contributed by atoms with van der Waals surface area (Å²) in [5, 5.41) is 1.96. The fourth-order valence-corrected chi connectivity index (χ4v) is 5.62. The van der Waals surface area contributed by atoms with E-state index >= 15 is 0 Å². The minimum atomic E-state index is 0. The second-order valence-corrected chi connectivity index (χ2v) is 9.52. The molecule has 0 unspecified atom stereocenters. The number of aryl methyl sites for hydroxylation is 2. The van der Waals surface area contributed by atoms with Crippen molar-refractivity contribution in [2.45, 2.75) is 58.9 Å². The van der Waals surface area contributed by atoms with Crippen molar-refractivity contribution < 1.29 is 40.7 Å². The van der Waals surface area contributed by atoms with E-state index in [9.17, 15) is 4.79 Å². The molecule has 0 saturated carbocycles. The molecule has 6 rings (SSSR count). The van der Waals surface area contributed by atoms with E-state index in [1.54, 1.807) is 0 Å². The van der Waals surface area contributed by atoms with Crippen molar-refractivity contribution in [2.75, 3.05) is 13.6 Å². The minimum absolute atomic E-state index is 0. The summed E-state index contributed by atoms with van der Waals surface area (Å²) < 4.78 is 25.3. The molecular weight excluding hydrogens is 478 g/mol. The molecule has 0 fully saturated rings. The summed E-state index contributed by atoms with van der Waals surface area (Å²) in [6.07, 6.45) is 5.55. The van der Waals surface area contributed by atoms with Crippen LogP contribution in [0.15, 0.2) is 30.8 Å². The van der Waals surface area contributed by atoms with Gasteiger partial charge in [0.2, 0.25) is 25.0 Å². The highest BCUT2D eigenvalue weighted by molar-refractivity contribution is 6.22. The quantitative estimate of drug-likeness (QED) is 0.279. The Morgan fingerprint density at radius 1 is 1.00 bits per heavy atom. The minimum Gasteiger partial charge on any atom is -1.00 e. The molecule has 3 aliphatic rings. The number of ketones is 1. The highest BCUT2D eigenvalue weighted by Gasteiger charge is 2.37. The van der Waals surface area contributed by atoms with Crippen molar-refractivity contribution in [3.8, 4) is 34.3 Å². The van der Waals surface area contributed by atoms with Crippen LogP contribution in [0.2, 0.25) is 0 Å². The van der Waals surface area contributed by atoms with Gasteiger partial charge in [0.15, 0.2) is 35.3 Å². The Hall–Kier alpha value is -3.25. The van der Waals surface area contributed by atoms with Gasteiger partial charge < -0.3 is 31.4 Å². The van der Waals surface area contributed by atoms with Gasteiger partial charge in [-0.3, -0.25) is 4.79 Å². The van der Waals surface area contributed by atoms with Crippen LogP contribution < -0.4 is 35.9 Å². The van der Waals surface area contributed by atoms with E-state index in [1.807, 2.05) is 6.07 Å². The lowest BCUT2D eigenvalue weighted by molar-refractivity contribution is -0.688. The average Bonchev–Trinajstić information content (AvgIpc) is 3.53. The van der Waals surface area contributed by atoms with Gasteiger partial charge in [-0.1, -0.05) is 32.8 Å². The Bertz CT molecular complexity index is 1400. The number of halogens is 1. The van der Waals surface area contributed by atoms with E-state index in [0.717, 1.165) is 83.4 Å². The second-order valence-electron chi connectivity index (χ2n) is 9.52. The number of hydrogen-bond donors (Lipinski definition) is 0. The fraction of sp³-hybridized carbons (Fsp3) is 0.379. The zero-order chi connectivity index (χ0) is 24.1. The maximum absolute atomic E-state index is 13.4. The van der Waals surface area contributed by atoms with E-state index in [2.05, 4.69) is 43.2 Å². The van der Waals surface area contributed by atoms with Gasteiger partial charge in [0.25, 0.3) is 0 Å². The van der Waals surface area contributed by atoms with Crippen molar-refractivity contribution in [2.24, 2.45) is 0 Å². The second kappa shape index (κ2) is 9.66. The van der Waals surface area contributed by atoms with Crippen molar-refractivity contribution in [3.63, 3.8) is 0 Å². The van der Waals surface area contributed by atoms with E-state index in [4.69, 9.17) is 18.9 Å². The molecule has 0 spiro atoms. The molecule has 4 heterocycles. The first-order valence-corrected chi connectivity index (χ1v) is 12.5. The molecule has 3 aliphatic heterocycles. The van der Waals surface area contributed by atoms with Crippen LogP contribution in [0.1, 0.15) is 55.8 Å². The summed E-state index contributed by atoms with van der Waals surface area (Å²) in [5.74, 6) is 3.06. The van der Waals surface area contributed by atoms with E-state index in [-0.39, 0.29) is 31.8 Å². The summed E-state index contributed by atoms with van der Waals surface area (Å²) in [5.41, 5.74) is 5.94. The number of allylic oxidation sites excluding steroid dienone is 1. The largest absolute Gasteiger partial charge is 1.00 e. The fourth-order valence-electron chi connectivity index (χ4n) is 5.62. The number of nitrogens with zero attached hydrogens (tertiary/aromatic N) is 1. The Morgan fingerprint density at radius 3 is 2.56 bits per heavy atom. The van der Waals surface area contributed by atoms with Gasteiger partial charge in [-0.2, -0.15) is 4.57 Å². The number of carbonyl (C=O) groups excluding carboxylic acids is 1. The predicted octanol–water partition coefficient (Wildman–Crippen LogP) is 2.67. The molecule has 6 nitrogen and oxygen atoms in total. The van der Waals surface area contributed by atoms with Crippen LogP contribution in [0.4, 0.5) is 0 Å². The third-order valence-electron chi connectivity index (χ3n) is 7.41. The number of benzene rings is 2. The van der Waals surface area contributed by atoms with E-state index < -0.39 is 0 Å². The number of ether oxygens (including phenoxy) is 4. The number of carbonyl (C=O) groups is 1. The summed E-state index contributed by atoms with van der Waals surface area (Å²) in [6.45, 7) is 9.81. The van der Waals surface area contributed by atoms with Crippen LogP contribution in [-0.2, 0) is 17.8 Å². The molecule has 0 aliphatic carbocycles. The van der Waals surface area contributed by atoms with Gasteiger partial charge in [0.1, 0.15) is 5.39 Å². The molecule has 0 bridgehead atoms. The zero-order valence-corrected chi connectivity index (χ0v) is 21.5. The predicted molar refractivity (Wildman–Crippen MR) is 133 cm³/mol. The first kappa shape index (κ1) is 24.4. The number of fused-ring (bicyclic) bond motifs is 7. The summed E-state index contributed by atoms with van der Waals surface area (Å²) in [4.78, 5) is 13.4. The monoisotopic (exact) mass is 507 g/mol. The van der Waals surface area contributed by atoms with Gasteiger partial charge in [-0.15, -0.1) is 0 Å². The number of rotatable bonds is 7. The standard InChI is InChI=1S/C29H30NO5.ClH/c1-4-5-6-7-8-22(31)18(3)28-26-20(9-10-23-29(26)35-16-32-23)17(2)27-21-14-25-24(33-15-34-25)13-19(21)11-12-30(27)28;/h9-10,13-14H,3-8,11-12,15-16H2,1-2H3;1H/q+1;/p-1. The van der Waals surface area contributed by atoms with Crippen LogP contribution in [-0.4, -0.2) is 19.4 Å². The molecule has 0 amide bonds. The normalized spacial score (nSPS) is 14.3. The van der Waals surface area contributed by atoms with Gasteiger partial charge in [-0.05, 0) is 43.2 Å². The van der Waals surface area contributed by atoms with Crippen LogP contribution in [0.5, 0.6) is 23.0 Å². The Kier molecular flexibility index (Phi) is 6.56. The average molecular weight is 508 g/mol. The molecule has 0 N–H and O–H groups in total. The zero-order valence-electron chi connectivity index (χ0n) is 20.7. The lowest BCUT2D eigenvalue weighted by Crippen LogP contribution is -3.00. The third-order valence-corrected chi connectivity index (χ3v) is 7.41. The molecule has 7 heteroatoms. The van der Waals surface area contributed by atoms with E-state index in [1.165, 1.54) is 5.56 Å². The molecule has 0 atom stereocenters. The third kappa shape index (κ3) is 3.79. The highest BCUT2D eigenvalue weighted by atomic mass is 35.5. The lowest BCUT2D eigenvalue weighted by atomic mass is 9.88. The number of hydrogen-bond acceptors (Lipinski definition) is 5. The van der Waals surface area contributed by atoms with Gasteiger partial charge >= 0.3 is 0 Å². The molecular formula is C29H30ClNO5. The van der Waals surface area contributed by atoms with Gasteiger partial charge in [0.05, 0.1) is 11.1 Å². The van der Waals surface area contributed by atoms with Gasteiger partial charge in [-0.25, -0.2) is 0 Å². The molecule has 0 radical (unpaired) electrons. The molecule has 36 heavy (non-hydrogen) atoms. The van der Waals surface area contributed by atoms with Crippen LogP contribution >= 0.6 is 0 Å². The van der Waals surface area contributed by atoms with Crippen LogP contribution in [0.25, 0.3) is 27.6 Å². The van der Waals surface area contributed by atoms with Crippen molar-refractivity contribution in [3.05, 3.63) is 47.7 Å².